The van der Waals surface area contributed by atoms with E-state index in [4.69, 9.17) is 21.4 Å². The Hall–Kier alpha value is -2.10. The fraction of sp³-hybridized carbons (Fsp3) is 0.474. The van der Waals surface area contributed by atoms with Crippen LogP contribution in [0.4, 0.5) is 13.2 Å². The summed E-state index contributed by atoms with van der Waals surface area (Å²) in [5.74, 6) is 0.166. The molecule has 2 aromatic rings. The lowest BCUT2D eigenvalue weighted by Gasteiger charge is -2.27. The molecule has 1 N–H and O–H groups in total. The van der Waals surface area contributed by atoms with Gasteiger partial charge in [0, 0.05) is 42.2 Å². The molecule has 0 saturated carbocycles. The van der Waals surface area contributed by atoms with Crippen molar-refractivity contribution in [3.05, 3.63) is 45.7 Å². The van der Waals surface area contributed by atoms with Crippen LogP contribution in [0.25, 0.3) is 0 Å². The van der Waals surface area contributed by atoms with Gasteiger partial charge in [0.15, 0.2) is 11.5 Å². The number of rotatable bonds is 7. The summed E-state index contributed by atoms with van der Waals surface area (Å²) in [7, 11) is 1.46. The molecule has 0 saturated heterocycles. The molecule has 158 valence electrons. The summed E-state index contributed by atoms with van der Waals surface area (Å²) < 4.78 is 46.6. The minimum atomic E-state index is -4.59. The van der Waals surface area contributed by atoms with E-state index in [9.17, 15) is 18.0 Å². The van der Waals surface area contributed by atoms with Crippen molar-refractivity contribution in [1.29, 1.82) is 0 Å². The van der Waals surface area contributed by atoms with Gasteiger partial charge in [-0.2, -0.15) is 18.3 Å². The normalized spacial score (nSPS) is 14.7. The summed E-state index contributed by atoms with van der Waals surface area (Å²) in [5, 5.41) is 13.3. The molecule has 3 rings (SSSR count). The van der Waals surface area contributed by atoms with Gasteiger partial charge in [0.2, 0.25) is 0 Å². The first-order valence-electron chi connectivity index (χ1n) is 9.06. The van der Waals surface area contributed by atoms with Crippen LogP contribution in [0.5, 0.6) is 5.75 Å². The van der Waals surface area contributed by atoms with E-state index in [-0.39, 0.29) is 43.9 Å². The highest BCUT2D eigenvalue weighted by atomic mass is 35.5. The second kappa shape index (κ2) is 8.73. The molecule has 0 spiro atoms. The van der Waals surface area contributed by atoms with Gasteiger partial charge in [0.25, 0.3) is 0 Å². The number of carbonyl (C=O) groups excluding carboxylic acids is 1. The van der Waals surface area contributed by atoms with Gasteiger partial charge >= 0.3 is 6.18 Å². The number of fused-ring (bicyclic) bond motifs is 1. The van der Waals surface area contributed by atoms with Gasteiger partial charge in [-0.25, -0.2) is 0 Å². The number of ether oxygens (including phenoxy) is 1. The van der Waals surface area contributed by atoms with Gasteiger partial charge in [-0.05, 0) is 24.6 Å². The number of alkyl halides is 3. The van der Waals surface area contributed by atoms with Gasteiger partial charge in [0.05, 0.1) is 19.4 Å². The van der Waals surface area contributed by atoms with Crippen molar-refractivity contribution in [3.63, 3.8) is 0 Å². The molecular formula is C19H21ClF3N3O3. The average Bonchev–Trinajstić information content (AvgIpc) is 3.00. The van der Waals surface area contributed by atoms with Crippen molar-refractivity contribution in [3.8, 4) is 5.75 Å². The highest BCUT2D eigenvalue weighted by Crippen LogP contribution is 2.35. The van der Waals surface area contributed by atoms with E-state index >= 15 is 0 Å². The Morgan fingerprint density at radius 2 is 2.14 bits per heavy atom. The van der Waals surface area contributed by atoms with Gasteiger partial charge in [-0.1, -0.05) is 11.6 Å². The van der Waals surface area contributed by atoms with Crippen molar-refractivity contribution in [2.24, 2.45) is 0 Å². The molecule has 0 radical (unpaired) electrons. The van der Waals surface area contributed by atoms with Crippen LogP contribution in [0.1, 0.15) is 22.5 Å². The minimum Gasteiger partial charge on any atom is -0.496 e. The molecular weight excluding hydrogens is 411 g/mol. The van der Waals surface area contributed by atoms with Crippen LogP contribution >= 0.6 is 11.6 Å². The first-order valence-corrected chi connectivity index (χ1v) is 9.43. The molecule has 6 nitrogen and oxygen atoms in total. The largest absolute Gasteiger partial charge is 0.496 e. The Labute approximate surface area is 170 Å². The van der Waals surface area contributed by atoms with Crippen molar-refractivity contribution in [2.75, 3.05) is 26.8 Å². The van der Waals surface area contributed by atoms with E-state index in [0.717, 1.165) is 4.68 Å². The Kier molecular flexibility index (Phi) is 6.50. The Morgan fingerprint density at radius 3 is 2.79 bits per heavy atom. The highest BCUT2D eigenvalue weighted by molar-refractivity contribution is 6.30. The van der Waals surface area contributed by atoms with E-state index < -0.39 is 11.9 Å². The minimum absolute atomic E-state index is 0.0416. The van der Waals surface area contributed by atoms with Crippen LogP contribution in [-0.2, 0) is 36.9 Å². The number of benzene rings is 1. The fourth-order valence-corrected chi connectivity index (χ4v) is 3.74. The number of carbonyl (C=O) groups is 1. The number of hydrogen-bond acceptors (Lipinski definition) is 5. The predicted molar refractivity (Wildman–Crippen MR) is 100 cm³/mol. The topological polar surface area (TPSA) is 67.6 Å². The summed E-state index contributed by atoms with van der Waals surface area (Å²) in [6, 6.07) is 4.86. The van der Waals surface area contributed by atoms with Gasteiger partial charge in [0.1, 0.15) is 12.3 Å². The molecule has 0 amide bonds. The predicted octanol–water partition coefficient (Wildman–Crippen LogP) is 2.73. The zero-order chi connectivity index (χ0) is 21.2. The molecule has 1 aliphatic rings. The zero-order valence-electron chi connectivity index (χ0n) is 15.8. The number of methoxy groups -OCH3 is 1. The van der Waals surface area contributed by atoms with Crippen LogP contribution in [0.15, 0.2) is 18.2 Å². The maximum Gasteiger partial charge on any atom is 0.435 e. The SMILES string of the molecule is COc1ccc(Cl)cc1CC(=O)Cn1nc(C(F)(F)F)c2c1CN(CCO)CC2. The highest BCUT2D eigenvalue weighted by Gasteiger charge is 2.40. The number of β-amino-alcohol motifs (C(OH)–C–C–N with tert-alkyl or cyclic N) is 1. The van der Waals surface area contributed by atoms with Crippen LogP contribution in [0, 0.1) is 0 Å². The third-order valence-corrected chi connectivity index (χ3v) is 5.09. The third-order valence-electron chi connectivity index (χ3n) is 4.86. The summed E-state index contributed by atoms with van der Waals surface area (Å²) in [6.07, 6.45) is -4.46. The summed E-state index contributed by atoms with van der Waals surface area (Å²) in [6.45, 7) is 0.562. The Morgan fingerprint density at radius 1 is 1.38 bits per heavy atom. The number of halogens is 4. The van der Waals surface area contributed by atoms with Crippen LogP contribution in [0.3, 0.4) is 0 Å². The molecule has 2 heterocycles. The summed E-state index contributed by atoms with van der Waals surface area (Å²) >= 11 is 5.98. The standard InChI is InChI=1S/C19H21ClF3N3O3/c1-29-17-3-2-13(20)8-12(17)9-14(28)10-26-16-11-25(6-7-27)5-4-15(16)18(24-26)19(21,22)23/h2-3,8,27H,4-7,9-11H2,1H3. The second-order valence-corrected chi connectivity index (χ2v) is 7.29. The molecule has 0 unspecified atom stereocenters. The van der Waals surface area contributed by atoms with Gasteiger partial charge in [-0.15, -0.1) is 0 Å². The van der Waals surface area contributed by atoms with E-state index in [0.29, 0.717) is 35.1 Å². The molecule has 1 aromatic heterocycles. The van der Waals surface area contributed by atoms with Crippen molar-refractivity contribution in [2.45, 2.75) is 32.1 Å². The van der Waals surface area contributed by atoms with E-state index in [2.05, 4.69) is 5.10 Å². The van der Waals surface area contributed by atoms with Crippen LogP contribution in [0.2, 0.25) is 5.02 Å². The molecule has 1 aliphatic heterocycles. The monoisotopic (exact) mass is 431 g/mol. The number of ketones is 1. The van der Waals surface area contributed by atoms with Crippen molar-refractivity contribution in [1.82, 2.24) is 14.7 Å². The molecule has 0 aliphatic carbocycles. The quantitative estimate of drug-likeness (QED) is 0.730. The molecule has 10 heteroatoms. The average molecular weight is 432 g/mol. The summed E-state index contributed by atoms with van der Waals surface area (Å²) in [5.41, 5.74) is 0.108. The molecule has 0 fully saturated rings. The molecule has 29 heavy (non-hydrogen) atoms. The van der Waals surface area contributed by atoms with Crippen LogP contribution < -0.4 is 4.74 Å². The zero-order valence-corrected chi connectivity index (χ0v) is 16.6. The maximum absolute atomic E-state index is 13.4. The number of Topliss-reactive ketones (excluding diaryl/α,β-unsaturated/α-hetero) is 1. The fourth-order valence-electron chi connectivity index (χ4n) is 3.55. The molecule has 0 bridgehead atoms. The Balaban J connectivity index is 1.86. The number of aliphatic hydroxyl groups excluding tert-OH is 1. The van der Waals surface area contributed by atoms with Crippen molar-refractivity contribution >= 4 is 17.4 Å². The lowest BCUT2D eigenvalue weighted by atomic mass is 10.0. The number of aliphatic hydroxyl groups is 1. The van der Waals surface area contributed by atoms with Gasteiger partial charge in [-0.3, -0.25) is 14.4 Å². The summed E-state index contributed by atoms with van der Waals surface area (Å²) in [4.78, 5) is 14.5. The second-order valence-electron chi connectivity index (χ2n) is 6.85. The van der Waals surface area contributed by atoms with E-state index in [1.807, 2.05) is 4.90 Å². The first-order chi connectivity index (χ1) is 13.7. The number of nitrogens with zero attached hydrogens (tertiary/aromatic N) is 3. The number of hydrogen-bond donors (Lipinski definition) is 1. The van der Waals surface area contributed by atoms with Crippen LogP contribution in [-0.4, -0.2) is 52.4 Å². The van der Waals surface area contributed by atoms with Crippen molar-refractivity contribution < 1.29 is 27.8 Å². The lowest BCUT2D eigenvalue weighted by molar-refractivity contribution is -0.142. The van der Waals surface area contributed by atoms with E-state index in [1.165, 1.54) is 7.11 Å². The smallest absolute Gasteiger partial charge is 0.435 e. The van der Waals surface area contributed by atoms with Gasteiger partial charge < -0.3 is 9.84 Å². The molecule has 0 atom stereocenters. The molecule has 1 aromatic carbocycles. The number of aromatic nitrogens is 2. The maximum atomic E-state index is 13.4. The lowest BCUT2D eigenvalue weighted by Crippen LogP contribution is -2.34. The Bertz CT molecular complexity index is 899. The first kappa shape index (κ1) is 21.6. The van der Waals surface area contributed by atoms with E-state index in [1.54, 1.807) is 18.2 Å². The third kappa shape index (κ3) is 4.91.